The van der Waals surface area contributed by atoms with Gasteiger partial charge in [0.2, 0.25) is 11.8 Å². The van der Waals surface area contributed by atoms with Gasteiger partial charge in [0.25, 0.3) is 0 Å². The fourth-order valence-electron chi connectivity index (χ4n) is 3.30. The number of carbonyl (C=O) groups is 3. The molecule has 4 amide bonds. The van der Waals surface area contributed by atoms with Crippen LogP contribution >= 0.6 is 0 Å². The summed E-state index contributed by atoms with van der Waals surface area (Å²) in [5, 5.41) is 8.73. The van der Waals surface area contributed by atoms with Gasteiger partial charge >= 0.3 is 6.03 Å². The zero-order chi connectivity index (χ0) is 20.3. The number of nitrogens with one attached hydrogen (secondary N) is 3. The Balaban J connectivity index is 1.50. The molecule has 1 saturated carbocycles. The second kappa shape index (κ2) is 8.63. The van der Waals surface area contributed by atoms with Crippen molar-refractivity contribution in [1.29, 1.82) is 0 Å². The Kier molecular flexibility index (Phi) is 6.21. The molecule has 7 heteroatoms. The van der Waals surface area contributed by atoms with Crippen LogP contribution in [0.3, 0.4) is 0 Å². The van der Waals surface area contributed by atoms with Crippen molar-refractivity contribution in [2.45, 2.75) is 52.5 Å². The highest BCUT2D eigenvalue weighted by atomic mass is 16.2. The monoisotopic (exact) mass is 386 g/mol. The van der Waals surface area contributed by atoms with Crippen molar-refractivity contribution in [1.82, 2.24) is 10.2 Å². The minimum absolute atomic E-state index is 0.0624. The van der Waals surface area contributed by atoms with Gasteiger partial charge in [-0.1, -0.05) is 19.9 Å². The highest BCUT2D eigenvalue weighted by Gasteiger charge is 2.35. The molecule has 3 rings (SSSR count). The second-order valence-electron chi connectivity index (χ2n) is 8.15. The van der Waals surface area contributed by atoms with E-state index in [1.807, 2.05) is 37.8 Å². The summed E-state index contributed by atoms with van der Waals surface area (Å²) >= 11 is 0. The highest BCUT2D eigenvalue weighted by Crippen LogP contribution is 2.32. The lowest BCUT2D eigenvalue weighted by Gasteiger charge is -2.32. The lowest BCUT2D eigenvalue weighted by atomic mass is 10.0. The summed E-state index contributed by atoms with van der Waals surface area (Å²) in [6, 6.07) is 5.26. The van der Waals surface area contributed by atoms with Gasteiger partial charge in [-0.15, -0.1) is 0 Å². The number of aryl methyl sites for hydroxylation is 1. The minimum atomic E-state index is -0.262. The van der Waals surface area contributed by atoms with Crippen LogP contribution in [0.1, 0.15) is 45.1 Å². The Hall–Kier alpha value is -2.57. The average Bonchev–Trinajstić information content (AvgIpc) is 3.49. The van der Waals surface area contributed by atoms with Crippen molar-refractivity contribution in [2.75, 3.05) is 23.7 Å². The van der Waals surface area contributed by atoms with Crippen LogP contribution in [0.2, 0.25) is 0 Å². The molecule has 1 saturated heterocycles. The Morgan fingerprint density at radius 3 is 2.32 bits per heavy atom. The number of hydrogen-bond donors (Lipinski definition) is 3. The van der Waals surface area contributed by atoms with Gasteiger partial charge in [0.1, 0.15) is 0 Å². The Bertz CT molecular complexity index is 750. The number of urea groups is 1. The predicted molar refractivity (Wildman–Crippen MR) is 109 cm³/mol. The summed E-state index contributed by atoms with van der Waals surface area (Å²) in [4.78, 5) is 38.3. The van der Waals surface area contributed by atoms with Gasteiger partial charge in [0, 0.05) is 42.3 Å². The molecule has 7 nitrogen and oxygen atoms in total. The van der Waals surface area contributed by atoms with E-state index >= 15 is 0 Å². The van der Waals surface area contributed by atoms with E-state index in [-0.39, 0.29) is 35.7 Å². The van der Waals surface area contributed by atoms with Gasteiger partial charge in [0.15, 0.2) is 0 Å². The number of likely N-dealkylation sites (tertiary alicyclic amines) is 1. The topological polar surface area (TPSA) is 90.5 Å². The van der Waals surface area contributed by atoms with Gasteiger partial charge < -0.3 is 20.9 Å². The lowest BCUT2D eigenvalue weighted by molar-refractivity contribution is -0.133. The van der Waals surface area contributed by atoms with Gasteiger partial charge in [-0.25, -0.2) is 4.79 Å². The molecule has 1 heterocycles. The van der Waals surface area contributed by atoms with E-state index in [4.69, 9.17) is 0 Å². The maximum absolute atomic E-state index is 12.4. The molecule has 152 valence electrons. The molecule has 1 aromatic rings. The molecule has 0 atom stereocenters. The van der Waals surface area contributed by atoms with Crippen molar-refractivity contribution in [3.8, 4) is 0 Å². The molecule has 3 N–H and O–H groups in total. The van der Waals surface area contributed by atoms with E-state index in [1.54, 1.807) is 6.07 Å². The van der Waals surface area contributed by atoms with Crippen molar-refractivity contribution < 1.29 is 14.4 Å². The van der Waals surface area contributed by atoms with Crippen LogP contribution in [0.4, 0.5) is 16.2 Å². The molecular formula is C21H30N4O3. The number of rotatable bonds is 5. The van der Waals surface area contributed by atoms with E-state index in [1.165, 1.54) is 0 Å². The van der Waals surface area contributed by atoms with Crippen LogP contribution in [0.15, 0.2) is 18.2 Å². The molecule has 0 bridgehead atoms. The van der Waals surface area contributed by atoms with Crippen LogP contribution < -0.4 is 16.0 Å². The summed E-state index contributed by atoms with van der Waals surface area (Å²) in [6.45, 7) is 6.98. The molecule has 0 spiro atoms. The van der Waals surface area contributed by atoms with Crippen LogP contribution in [0.5, 0.6) is 0 Å². The number of nitrogens with zero attached hydrogens (tertiary/aromatic N) is 1. The zero-order valence-electron chi connectivity index (χ0n) is 16.9. The number of amides is 4. The smallest absolute Gasteiger partial charge is 0.319 e. The maximum Gasteiger partial charge on any atom is 0.319 e. The summed E-state index contributed by atoms with van der Waals surface area (Å²) < 4.78 is 0. The zero-order valence-corrected chi connectivity index (χ0v) is 16.9. The van der Waals surface area contributed by atoms with Gasteiger partial charge in [-0.3, -0.25) is 9.59 Å². The lowest BCUT2D eigenvalue weighted by Crippen LogP contribution is -2.48. The highest BCUT2D eigenvalue weighted by molar-refractivity contribution is 5.95. The number of benzene rings is 1. The Labute approximate surface area is 166 Å². The SMILES string of the molecule is Cc1ccc(NC(=O)C(C)C)cc1NC(=O)NC1CCN(C(=O)C2CC2)CC1. The fourth-order valence-corrected chi connectivity index (χ4v) is 3.30. The Morgan fingerprint density at radius 1 is 1.04 bits per heavy atom. The third-order valence-corrected chi connectivity index (χ3v) is 5.35. The molecule has 28 heavy (non-hydrogen) atoms. The van der Waals surface area contributed by atoms with Crippen LogP contribution in [0, 0.1) is 18.8 Å². The van der Waals surface area contributed by atoms with Crippen molar-refractivity contribution in [2.24, 2.45) is 11.8 Å². The molecule has 0 unspecified atom stereocenters. The molecule has 1 aliphatic heterocycles. The third-order valence-electron chi connectivity index (χ3n) is 5.35. The first-order chi connectivity index (χ1) is 13.3. The fraction of sp³-hybridized carbons (Fsp3) is 0.571. The van der Waals surface area contributed by atoms with Crippen LogP contribution in [-0.4, -0.2) is 41.9 Å². The summed E-state index contributed by atoms with van der Waals surface area (Å²) in [5.41, 5.74) is 2.24. The Morgan fingerprint density at radius 2 is 1.71 bits per heavy atom. The summed E-state index contributed by atoms with van der Waals surface area (Å²) in [5.74, 6) is 0.350. The van der Waals surface area contributed by atoms with E-state index < -0.39 is 0 Å². The van der Waals surface area contributed by atoms with Crippen molar-refractivity contribution >= 4 is 29.2 Å². The summed E-state index contributed by atoms with van der Waals surface area (Å²) in [6.07, 6.45) is 3.59. The average molecular weight is 386 g/mol. The van der Waals surface area contributed by atoms with E-state index in [2.05, 4.69) is 16.0 Å². The van der Waals surface area contributed by atoms with E-state index in [0.29, 0.717) is 24.5 Å². The number of anilines is 2. The summed E-state index contributed by atoms with van der Waals surface area (Å²) in [7, 11) is 0. The molecule has 0 aromatic heterocycles. The number of piperidine rings is 1. The quantitative estimate of drug-likeness (QED) is 0.726. The normalized spacial score (nSPS) is 17.4. The molecule has 1 aromatic carbocycles. The van der Waals surface area contributed by atoms with Crippen molar-refractivity contribution in [3.05, 3.63) is 23.8 Å². The van der Waals surface area contributed by atoms with E-state index in [9.17, 15) is 14.4 Å². The first-order valence-corrected chi connectivity index (χ1v) is 10.1. The molecule has 2 fully saturated rings. The minimum Gasteiger partial charge on any atom is -0.342 e. The molecular weight excluding hydrogens is 356 g/mol. The van der Waals surface area contributed by atoms with Crippen LogP contribution in [-0.2, 0) is 9.59 Å². The third kappa shape index (κ3) is 5.24. The van der Waals surface area contributed by atoms with Gasteiger partial charge in [-0.2, -0.15) is 0 Å². The predicted octanol–water partition coefficient (Wildman–Crippen LogP) is 3.11. The van der Waals surface area contributed by atoms with E-state index in [0.717, 1.165) is 31.2 Å². The molecule has 2 aliphatic rings. The molecule has 0 radical (unpaired) electrons. The maximum atomic E-state index is 12.4. The van der Waals surface area contributed by atoms with Gasteiger partial charge in [0.05, 0.1) is 0 Å². The van der Waals surface area contributed by atoms with Gasteiger partial charge in [-0.05, 0) is 50.3 Å². The number of carbonyl (C=O) groups excluding carboxylic acids is 3. The molecule has 1 aliphatic carbocycles. The first-order valence-electron chi connectivity index (χ1n) is 10.1. The standard InChI is InChI=1S/C21H30N4O3/c1-13(2)19(26)22-17-7-4-14(3)18(12-17)24-21(28)23-16-8-10-25(11-9-16)20(27)15-5-6-15/h4,7,12-13,15-16H,5-6,8-11H2,1-3H3,(H,22,26)(H2,23,24,28). The second-order valence-corrected chi connectivity index (χ2v) is 8.15. The number of hydrogen-bond acceptors (Lipinski definition) is 3. The van der Waals surface area contributed by atoms with Crippen molar-refractivity contribution in [3.63, 3.8) is 0 Å². The first kappa shape index (κ1) is 20.2. The largest absolute Gasteiger partial charge is 0.342 e. The van der Waals surface area contributed by atoms with Crippen LogP contribution in [0.25, 0.3) is 0 Å².